The number of rotatable bonds is 4. The molecule has 0 saturated heterocycles. The van der Waals surface area contributed by atoms with Crippen molar-refractivity contribution in [3.63, 3.8) is 0 Å². The van der Waals surface area contributed by atoms with Gasteiger partial charge in [-0.15, -0.1) is 0 Å². The van der Waals surface area contributed by atoms with Crippen LogP contribution < -0.4 is 4.74 Å². The molecule has 0 spiro atoms. The minimum absolute atomic E-state index is 0.0372. The number of esters is 1. The number of ketones is 2. The number of hydrogen-bond acceptors (Lipinski definition) is 5. The summed E-state index contributed by atoms with van der Waals surface area (Å²) in [5.41, 5.74) is 0.525. The molecule has 0 aliphatic heterocycles. The Morgan fingerprint density at radius 2 is 1.67 bits per heavy atom. The van der Waals surface area contributed by atoms with Crippen LogP contribution in [0.3, 0.4) is 0 Å². The van der Waals surface area contributed by atoms with Crippen molar-refractivity contribution in [1.29, 1.82) is 0 Å². The van der Waals surface area contributed by atoms with Crippen molar-refractivity contribution in [3.05, 3.63) is 29.3 Å². The first-order chi connectivity index (χ1) is 9.81. The normalized spacial score (nSPS) is 17.3. The van der Waals surface area contributed by atoms with Crippen LogP contribution in [0.15, 0.2) is 18.2 Å². The minimum atomic E-state index is -1.36. The summed E-state index contributed by atoms with van der Waals surface area (Å²) in [6.45, 7) is 7.03. The molecule has 1 unspecified atom stereocenters. The highest BCUT2D eigenvalue weighted by atomic mass is 16.6. The molecular weight excluding hydrogens is 272 g/mol. The van der Waals surface area contributed by atoms with Gasteiger partial charge in [0.1, 0.15) is 5.75 Å². The van der Waals surface area contributed by atoms with E-state index in [0.29, 0.717) is 5.75 Å². The molecule has 21 heavy (non-hydrogen) atoms. The highest BCUT2D eigenvalue weighted by Gasteiger charge is 2.42. The van der Waals surface area contributed by atoms with Gasteiger partial charge in [0.25, 0.3) is 0 Å². The van der Waals surface area contributed by atoms with Gasteiger partial charge in [-0.3, -0.25) is 14.4 Å². The van der Waals surface area contributed by atoms with E-state index in [1.54, 1.807) is 19.9 Å². The summed E-state index contributed by atoms with van der Waals surface area (Å²) in [5.74, 6) is -1.40. The van der Waals surface area contributed by atoms with Gasteiger partial charge in [0.05, 0.1) is 12.0 Å². The molecular formula is C16H18O5. The molecule has 1 aliphatic rings. The predicted octanol–water partition coefficient (Wildman–Crippen LogP) is 2.42. The third kappa shape index (κ3) is 2.96. The lowest BCUT2D eigenvalue weighted by Crippen LogP contribution is -2.30. The molecule has 0 heterocycles. The van der Waals surface area contributed by atoms with E-state index in [1.165, 1.54) is 12.1 Å². The zero-order valence-corrected chi connectivity index (χ0v) is 12.5. The van der Waals surface area contributed by atoms with Gasteiger partial charge in [-0.2, -0.15) is 0 Å². The fourth-order valence-electron chi connectivity index (χ4n) is 2.05. The standard InChI is InChI=1S/C16H18O5/c1-8(2)16(19)21-15-13(17)11-6-5-10(20-9(3)4)7-12(11)14(15)18/h5-9,15H,1-4H3. The first-order valence-corrected chi connectivity index (χ1v) is 6.91. The molecule has 0 saturated carbocycles. The number of ether oxygens (including phenoxy) is 2. The van der Waals surface area contributed by atoms with Crippen LogP contribution in [0.1, 0.15) is 48.4 Å². The Bertz CT molecular complexity index is 601. The lowest BCUT2D eigenvalue weighted by molar-refractivity contribution is -0.148. The summed E-state index contributed by atoms with van der Waals surface area (Å²) in [5, 5.41) is 0. The van der Waals surface area contributed by atoms with Crippen molar-refractivity contribution in [2.45, 2.75) is 39.9 Å². The molecule has 0 bridgehead atoms. The molecule has 1 aromatic rings. The zero-order valence-electron chi connectivity index (χ0n) is 12.5. The van der Waals surface area contributed by atoms with Gasteiger partial charge in [-0.1, -0.05) is 13.8 Å². The number of hydrogen-bond donors (Lipinski definition) is 0. The first kappa shape index (κ1) is 15.2. The highest BCUT2D eigenvalue weighted by Crippen LogP contribution is 2.29. The summed E-state index contributed by atoms with van der Waals surface area (Å²) in [7, 11) is 0. The molecule has 2 rings (SSSR count). The second kappa shape index (κ2) is 5.68. The van der Waals surface area contributed by atoms with Gasteiger partial charge in [0.15, 0.2) is 0 Å². The van der Waals surface area contributed by atoms with Crippen LogP contribution in [0.4, 0.5) is 0 Å². The molecule has 0 aromatic heterocycles. The molecule has 5 heteroatoms. The van der Waals surface area contributed by atoms with E-state index in [0.717, 1.165) is 0 Å². The van der Waals surface area contributed by atoms with Crippen molar-refractivity contribution in [3.8, 4) is 5.75 Å². The largest absolute Gasteiger partial charge is 0.491 e. The van der Waals surface area contributed by atoms with E-state index in [4.69, 9.17) is 9.47 Å². The van der Waals surface area contributed by atoms with Gasteiger partial charge in [0.2, 0.25) is 17.7 Å². The predicted molar refractivity (Wildman–Crippen MR) is 75.6 cm³/mol. The maximum Gasteiger partial charge on any atom is 0.309 e. The lowest BCUT2D eigenvalue weighted by Gasteiger charge is -2.11. The lowest BCUT2D eigenvalue weighted by atomic mass is 10.1. The topological polar surface area (TPSA) is 69.7 Å². The number of Topliss-reactive ketones (excluding diaryl/α,β-unsaturated/α-hetero) is 2. The molecule has 0 radical (unpaired) electrons. The summed E-state index contributed by atoms with van der Waals surface area (Å²) in [6, 6.07) is 4.70. The van der Waals surface area contributed by atoms with E-state index in [2.05, 4.69) is 0 Å². The molecule has 112 valence electrons. The van der Waals surface area contributed by atoms with E-state index in [9.17, 15) is 14.4 Å². The van der Waals surface area contributed by atoms with Gasteiger partial charge >= 0.3 is 5.97 Å². The average Bonchev–Trinajstić information content (AvgIpc) is 2.63. The van der Waals surface area contributed by atoms with Crippen LogP contribution in [0.5, 0.6) is 5.75 Å². The Labute approximate surface area is 123 Å². The summed E-state index contributed by atoms with van der Waals surface area (Å²) in [6.07, 6.45) is -1.39. The van der Waals surface area contributed by atoms with Gasteiger partial charge in [-0.25, -0.2) is 0 Å². The molecule has 1 aromatic carbocycles. The second-order valence-electron chi connectivity index (χ2n) is 5.57. The van der Waals surface area contributed by atoms with Crippen molar-refractivity contribution >= 4 is 17.5 Å². The first-order valence-electron chi connectivity index (χ1n) is 6.91. The molecule has 0 fully saturated rings. The number of carbonyl (C=O) groups is 3. The number of benzene rings is 1. The summed E-state index contributed by atoms with van der Waals surface area (Å²) >= 11 is 0. The van der Waals surface area contributed by atoms with Crippen LogP contribution >= 0.6 is 0 Å². The molecule has 5 nitrogen and oxygen atoms in total. The van der Waals surface area contributed by atoms with Gasteiger partial charge in [-0.05, 0) is 32.0 Å². The Morgan fingerprint density at radius 1 is 1.05 bits per heavy atom. The monoisotopic (exact) mass is 290 g/mol. The SMILES string of the molecule is CC(C)Oc1ccc2c(c1)C(=O)C(OC(=O)C(C)C)C2=O. The number of fused-ring (bicyclic) bond motifs is 1. The van der Waals surface area contributed by atoms with Crippen LogP contribution in [0, 0.1) is 5.92 Å². The number of carbonyl (C=O) groups excluding carboxylic acids is 3. The summed E-state index contributed by atoms with van der Waals surface area (Å²) < 4.78 is 10.5. The summed E-state index contributed by atoms with van der Waals surface area (Å²) in [4.78, 5) is 36.0. The van der Waals surface area contributed by atoms with Crippen molar-refractivity contribution in [2.24, 2.45) is 5.92 Å². The Morgan fingerprint density at radius 3 is 2.24 bits per heavy atom. The van der Waals surface area contributed by atoms with E-state index in [1.807, 2.05) is 13.8 Å². The Balaban J connectivity index is 2.27. The van der Waals surface area contributed by atoms with Crippen LogP contribution in [-0.2, 0) is 9.53 Å². The van der Waals surface area contributed by atoms with Crippen LogP contribution in [0.2, 0.25) is 0 Å². The fraction of sp³-hybridized carbons (Fsp3) is 0.438. The molecule has 0 amide bonds. The van der Waals surface area contributed by atoms with Gasteiger partial charge in [0, 0.05) is 11.1 Å². The highest BCUT2D eigenvalue weighted by molar-refractivity contribution is 6.29. The third-order valence-electron chi connectivity index (χ3n) is 3.08. The van der Waals surface area contributed by atoms with E-state index in [-0.39, 0.29) is 17.2 Å². The zero-order chi connectivity index (χ0) is 15.7. The van der Waals surface area contributed by atoms with E-state index < -0.39 is 29.6 Å². The van der Waals surface area contributed by atoms with Gasteiger partial charge < -0.3 is 9.47 Å². The second-order valence-corrected chi connectivity index (χ2v) is 5.57. The maximum absolute atomic E-state index is 12.2. The van der Waals surface area contributed by atoms with Crippen LogP contribution in [-0.4, -0.2) is 29.7 Å². The molecule has 1 atom stereocenters. The quantitative estimate of drug-likeness (QED) is 0.629. The minimum Gasteiger partial charge on any atom is -0.491 e. The molecule has 0 N–H and O–H groups in total. The van der Waals surface area contributed by atoms with Crippen molar-refractivity contribution in [2.75, 3.05) is 0 Å². The van der Waals surface area contributed by atoms with E-state index >= 15 is 0 Å². The maximum atomic E-state index is 12.2. The third-order valence-corrected chi connectivity index (χ3v) is 3.08. The Hall–Kier alpha value is -2.17. The van der Waals surface area contributed by atoms with Crippen molar-refractivity contribution < 1.29 is 23.9 Å². The smallest absolute Gasteiger partial charge is 0.309 e. The Kier molecular flexibility index (Phi) is 4.11. The fourth-order valence-corrected chi connectivity index (χ4v) is 2.05. The van der Waals surface area contributed by atoms with Crippen molar-refractivity contribution in [1.82, 2.24) is 0 Å². The molecule has 1 aliphatic carbocycles. The average molecular weight is 290 g/mol. The van der Waals surface area contributed by atoms with Crippen LogP contribution in [0.25, 0.3) is 0 Å².